The van der Waals surface area contributed by atoms with Crippen LogP contribution in [0.1, 0.15) is 39.1 Å². The third-order valence-corrected chi connectivity index (χ3v) is 5.04. The molecule has 0 aromatic heterocycles. The normalized spacial score (nSPS) is 13.1. The van der Waals surface area contributed by atoms with Crippen LogP contribution in [0.4, 0.5) is 4.39 Å². The molecule has 0 fully saturated rings. The van der Waals surface area contributed by atoms with Gasteiger partial charge in [0.05, 0.1) is 0 Å². The number of hydrogen-bond donors (Lipinski definition) is 1. The molecule has 146 valence electrons. The van der Waals surface area contributed by atoms with Crippen molar-refractivity contribution in [1.29, 1.82) is 0 Å². The van der Waals surface area contributed by atoms with Crippen molar-refractivity contribution in [2.75, 3.05) is 6.54 Å². The topological polar surface area (TPSA) is 66.5 Å². The summed E-state index contributed by atoms with van der Waals surface area (Å²) in [5, 5.41) is 4.32. The van der Waals surface area contributed by atoms with Crippen molar-refractivity contribution < 1.29 is 18.8 Å². The van der Waals surface area contributed by atoms with Crippen LogP contribution in [0, 0.1) is 5.82 Å². The maximum Gasteiger partial charge on any atom is 0.261 e. The Balaban J connectivity index is 1.36. The summed E-state index contributed by atoms with van der Waals surface area (Å²) >= 11 is 0. The van der Waals surface area contributed by atoms with Crippen LogP contribution < -0.4 is 5.32 Å². The first-order chi connectivity index (χ1) is 14.0. The molecule has 1 aliphatic heterocycles. The van der Waals surface area contributed by atoms with Crippen molar-refractivity contribution >= 4 is 28.5 Å². The van der Waals surface area contributed by atoms with Crippen LogP contribution in [0.3, 0.4) is 0 Å². The number of rotatable bonds is 6. The van der Waals surface area contributed by atoms with Crippen molar-refractivity contribution in [2.45, 2.75) is 19.4 Å². The molecular weight excluding hydrogens is 371 g/mol. The lowest BCUT2D eigenvalue weighted by Gasteiger charge is -2.27. The largest absolute Gasteiger partial charge is 0.352 e. The first-order valence-electron chi connectivity index (χ1n) is 9.43. The Kier molecular flexibility index (Phi) is 5.08. The Morgan fingerprint density at radius 3 is 2.14 bits per heavy atom. The number of amides is 3. The third kappa shape index (κ3) is 3.74. The van der Waals surface area contributed by atoms with E-state index in [0.29, 0.717) is 29.5 Å². The molecule has 3 amide bonds. The molecule has 3 aromatic rings. The predicted molar refractivity (Wildman–Crippen MR) is 107 cm³/mol. The number of hydrogen-bond acceptors (Lipinski definition) is 3. The average molecular weight is 390 g/mol. The molecular formula is C23H19FN2O3. The van der Waals surface area contributed by atoms with E-state index in [9.17, 15) is 18.8 Å². The lowest BCUT2D eigenvalue weighted by atomic mass is 9.94. The zero-order chi connectivity index (χ0) is 20.4. The molecule has 0 spiro atoms. The summed E-state index contributed by atoms with van der Waals surface area (Å²) in [6.45, 7) is 0.475. The molecule has 1 N–H and O–H groups in total. The van der Waals surface area contributed by atoms with E-state index in [-0.39, 0.29) is 36.5 Å². The number of halogens is 1. The molecule has 5 nitrogen and oxygen atoms in total. The van der Waals surface area contributed by atoms with Gasteiger partial charge in [0.15, 0.2) is 0 Å². The maximum absolute atomic E-state index is 12.9. The van der Waals surface area contributed by atoms with E-state index in [1.54, 1.807) is 36.4 Å². The Hall–Kier alpha value is -3.54. The van der Waals surface area contributed by atoms with Crippen molar-refractivity contribution in [3.05, 3.63) is 83.2 Å². The summed E-state index contributed by atoms with van der Waals surface area (Å²) in [6.07, 6.45) is 0.551. The Morgan fingerprint density at radius 1 is 0.897 bits per heavy atom. The van der Waals surface area contributed by atoms with Gasteiger partial charge in [-0.25, -0.2) is 4.39 Å². The molecule has 0 atom stereocenters. The molecule has 3 aromatic carbocycles. The van der Waals surface area contributed by atoms with E-state index in [1.165, 1.54) is 17.0 Å². The average Bonchev–Trinajstić information content (AvgIpc) is 2.74. The summed E-state index contributed by atoms with van der Waals surface area (Å²) in [6, 6.07) is 16.7. The van der Waals surface area contributed by atoms with Crippen LogP contribution in [-0.2, 0) is 11.3 Å². The minimum absolute atomic E-state index is 0.173. The number of carbonyl (C=O) groups is 3. The SMILES string of the molecule is O=C(CCCN1C(=O)c2cccc3cccc(c23)C1=O)NCc1ccc(F)cc1. The lowest BCUT2D eigenvalue weighted by Crippen LogP contribution is -2.41. The monoisotopic (exact) mass is 390 g/mol. The third-order valence-electron chi connectivity index (χ3n) is 5.04. The van der Waals surface area contributed by atoms with Crippen molar-refractivity contribution in [3.63, 3.8) is 0 Å². The maximum atomic E-state index is 12.9. The van der Waals surface area contributed by atoms with Gasteiger partial charge in [-0.05, 0) is 41.6 Å². The summed E-state index contributed by atoms with van der Waals surface area (Å²) in [5.41, 5.74) is 1.82. The highest BCUT2D eigenvalue weighted by Gasteiger charge is 2.32. The fraction of sp³-hybridized carbons (Fsp3) is 0.174. The lowest BCUT2D eigenvalue weighted by molar-refractivity contribution is -0.121. The van der Waals surface area contributed by atoms with Gasteiger partial charge in [0.1, 0.15) is 5.82 Å². The molecule has 0 aliphatic carbocycles. The first kappa shape index (κ1) is 18.8. The molecule has 4 rings (SSSR count). The highest BCUT2D eigenvalue weighted by atomic mass is 19.1. The standard InChI is InChI=1S/C23H19FN2O3/c24-17-11-9-15(10-12-17)14-25-20(27)8-3-13-26-22(28)18-6-1-4-16-5-2-7-19(21(16)18)23(26)29/h1-2,4-7,9-12H,3,8,13-14H2,(H,25,27). The Labute approximate surface area is 167 Å². The van der Waals surface area contributed by atoms with Gasteiger partial charge in [0.2, 0.25) is 5.91 Å². The van der Waals surface area contributed by atoms with Gasteiger partial charge in [-0.1, -0.05) is 36.4 Å². The van der Waals surface area contributed by atoms with Crippen LogP contribution in [0.2, 0.25) is 0 Å². The molecule has 0 radical (unpaired) electrons. The summed E-state index contributed by atoms with van der Waals surface area (Å²) in [7, 11) is 0. The van der Waals surface area contributed by atoms with E-state index in [0.717, 1.165) is 10.9 Å². The van der Waals surface area contributed by atoms with Gasteiger partial charge in [0.25, 0.3) is 11.8 Å². The smallest absolute Gasteiger partial charge is 0.261 e. The summed E-state index contributed by atoms with van der Waals surface area (Å²) in [4.78, 5) is 38.9. The van der Waals surface area contributed by atoms with Crippen molar-refractivity contribution in [1.82, 2.24) is 10.2 Å². The first-order valence-corrected chi connectivity index (χ1v) is 9.43. The summed E-state index contributed by atoms with van der Waals surface area (Å²) in [5.74, 6) is -1.17. The van der Waals surface area contributed by atoms with Crippen LogP contribution in [0.15, 0.2) is 60.7 Å². The second kappa shape index (κ2) is 7.83. The van der Waals surface area contributed by atoms with E-state index in [1.807, 2.05) is 12.1 Å². The Morgan fingerprint density at radius 2 is 1.52 bits per heavy atom. The number of carbonyl (C=O) groups excluding carboxylic acids is 3. The van der Waals surface area contributed by atoms with Gasteiger partial charge < -0.3 is 5.32 Å². The molecule has 6 heteroatoms. The van der Waals surface area contributed by atoms with Crippen LogP contribution in [0.25, 0.3) is 10.8 Å². The van der Waals surface area contributed by atoms with Gasteiger partial charge in [-0.15, -0.1) is 0 Å². The van der Waals surface area contributed by atoms with Gasteiger partial charge in [-0.3, -0.25) is 19.3 Å². The molecule has 29 heavy (non-hydrogen) atoms. The number of imide groups is 1. The fourth-order valence-electron chi connectivity index (χ4n) is 3.57. The van der Waals surface area contributed by atoms with E-state index in [4.69, 9.17) is 0 Å². The minimum Gasteiger partial charge on any atom is -0.352 e. The minimum atomic E-state index is -0.328. The highest BCUT2D eigenvalue weighted by molar-refractivity contribution is 6.25. The Bertz CT molecular complexity index is 1060. The second-order valence-corrected chi connectivity index (χ2v) is 6.98. The zero-order valence-electron chi connectivity index (χ0n) is 15.7. The molecule has 1 heterocycles. The quantitative estimate of drug-likeness (QED) is 0.653. The molecule has 1 aliphatic rings. The second-order valence-electron chi connectivity index (χ2n) is 6.98. The van der Waals surface area contributed by atoms with Gasteiger partial charge >= 0.3 is 0 Å². The molecule has 0 unspecified atom stereocenters. The summed E-state index contributed by atoms with van der Waals surface area (Å²) < 4.78 is 12.9. The van der Waals surface area contributed by atoms with E-state index < -0.39 is 0 Å². The van der Waals surface area contributed by atoms with Crippen LogP contribution >= 0.6 is 0 Å². The number of benzene rings is 3. The number of nitrogens with zero attached hydrogens (tertiary/aromatic N) is 1. The van der Waals surface area contributed by atoms with Gasteiger partial charge in [0, 0.05) is 36.0 Å². The number of nitrogens with one attached hydrogen (secondary N) is 1. The van der Waals surface area contributed by atoms with Crippen molar-refractivity contribution in [3.8, 4) is 0 Å². The van der Waals surface area contributed by atoms with E-state index >= 15 is 0 Å². The molecule has 0 saturated heterocycles. The van der Waals surface area contributed by atoms with Crippen LogP contribution in [0.5, 0.6) is 0 Å². The highest BCUT2D eigenvalue weighted by Crippen LogP contribution is 2.30. The van der Waals surface area contributed by atoms with E-state index in [2.05, 4.69) is 5.32 Å². The van der Waals surface area contributed by atoms with Crippen LogP contribution in [-0.4, -0.2) is 29.2 Å². The molecule has 0 saturated carbocycles. The van der Waals surface area contributed by atoms with Gasteiger partial charge in [-0.2, -0.15) is 0 Å². The molecule has 0 bridgehead atoms. The van der Waals surface area contributed by atoms with Crippen molar-refractivity contribution in [2.24, 2.45) is 0 Å². The zero-order valence-corrected chi connectivity index (χ0v) is 15.7. The fourth-order valence-corrected chi connectivity index (χ4v) is 3.57. The predicted octanol–water partition coefficient (Wildman–Crippen LogP) is 3.67.